The topological polar surface area (TPSA) is 72.3 Å². The van der Waals surface area contributed by atoms with Crippen LogP contribution in [0, 0.1) is 0 Å². The number of benzene rings is 16. The summed E-state index contributed by atoms with van der Waals surface area (Å²) in [6.07, 6.45) is 0. The van der Waals surface area contributed by atoms with Crippen LogP contribution in [-0.2, 0) is 0 Å². The van der Waals surface area contributed by atoms with Crippen molar-refractivity contribution in [2.75, 3.05) is 0 Å². The average Bonchev–Trinajstić information content (AvgIpc) is 1.60. The minimum Gasteiger partial charge on any atom is -0.456 e. The lowest BCUT2D eigenvalue weighted by molar-refractivity contribution is 0.668. The molecule has 0 aliphatic carbocycles. The molecule has 8 heteroatoms. The Morgan fingerprint density at radius 3 is 0.471 bits per heavy atom. The molecule has 0 saturated carbocycles. The van der Waals surface area contributed by atoms with Gasteiger partial charge in [-0.15, -0.1) is 0 Å². The first kappa shape index (κ1) is 56.8. The Labute approximate surface area is 592 Å². The van der Waals surface area contributed by atoms with E-state index in [0.717, 1.165) is 133 Å². The van der Waals surface area contributed by atoms with Crippen LogP contribution in [0.3, 0.4) is 0 Å². The number of fused-ring (bicyclic) bond motifs is 24. The molecule has 0 amide bonds. The van der Waals surface area contributed by atoms with Crippen LogP contribution in [0.1, 0.15) is 0 Å². The number of para-hydroxylation sites is 8. The lowest BCUT2D eigenvalue weighted by atomic mass is 10.0. The highest BCUT2D eigenvalue weighted by Crippen LogP contribution is 2.44. The van der Waals surface area contributed by atoms with Crippen LogP contribution in [0.2, 0.25) is 0 Å². The van der Waals surface area contributed by atoms with Gasteiger partial charge in [0.25, 0.3) is 0 Å². The number of furan rings is 4. The Morgan fingerprint density at radius 1 is 0.135 bits per heavy atom. The maximum Gasteiger partial charge on any atom is 0.137 e. The monoisotopic (exact) mass is 1330 g/mol. The summed E-state index contributed by atoms with van der Waals surface area (Å²) in [5.41, 5.74) is 25.1. The normalized spacial score (nSPS) is 12.2. The third kappa shape index (κ3) is 8.36. The third-order valence-corrected chi connectivity index (χ3v) is 21.8. The molecule has 8 aromatic heterocycles. The first-order valence-electron chi connectivity index (χ1n) is 35.3. The molecule has 24 rings (SSSR count). The quantitative estimate of drug-likeness (QED) is 0.166. The fourth-order valence-corrected chi connectivity index (χ4v) is 17.1. The maximum atomic E-state index is 6.58. The summed E-state index contributed by atoms with van der Waals surface area (Å²) in [4.78, 5) is 0. The summed E-state index contributed by atoms with van der Waals surface area (Å²) in [7, 11) is 0. The molecule has 104 heavy (non-hydrogen) atoms. The third-order valence-electron chi connectivity index (χ3n) is 21.8. The van der Waals surface area contributed by atoms with Gasteiger partial charge < -0.3 is 35.9 Å². The Bertz CT molecular complexity index is 6640. The fourth-order valence-electron chi connectivity index (χ4n) is 17.1. The lowest BCUT2D eigenvalue weighted by Gasteiger charge is -2.07. The van der Waals surface area contributed by atoms with Crippen molar-refractivity contribution in [3.8, 4) is 45.0 Å². The second-order valence-corrected chi connectivity index (χ2v) is 27.5. The van der Waals surface area contributed by atoms with E-state index in [4.69, 9.17) is 17.7 Å². The molecule has 0 N–H and O–H groups in total. The van der Waals surface area contributed by atoms with Crippen LogP contribution in [0.5, 0.6) is 0 Å². The molecule has 16 aromatic carbocycles. The van der Waals surface area contributed by atoms with Gasteiger partial charge in [-0.2, -0.15) is 0 Å². The molecule has 0 aliphatic rings. The van der Waals surface area contributed by atoms with Crippen LogP contribution >= 0.6 is 0 Å². The smallest absolute Gasteiger partial charge is 0.137 e. The van der Waals surface area contributed by atoms with Crippen molar-refractivity contribution in [3.05, 3.63) is 340 Å². The molecule has 484 valence electrons. The van der Waals surface area contributed by atoms with Gasteiger partial charge in [-0.25, -0.2) is 0 Å². The molecule has 0 spiro atoms. The predicted octanol–water partition coefficient (Wildman–Crippen LogP) is 26.7. The van der Waals surface area contributed by atoms with Gasteiger partial charge in [0, 0.05) is 133 Å². The fraction of sp³-hybridized carbons (Fsp3) is 0. The molecular formula is C96H56N4O4. The Balaban J connectivity index is 0.000000127. The molecular weight excluding hydrogens is 1270 g/mol. The summed E-state index contributed by atoms with van der Waals surface area (Å²) >= 11 is 0. The summed E-state index contributed by atoms with van der Waals surface area (Å²) in [6.45, 7) is 0. The summed E-state index contributed by atoms with van der Waals surface area (Å²) in [5.74, 6) is 0. The minimum absolute atomic E-state index is 0.868. The number of hydrogen-bond acceptors (Lipinski definition) is 4. The van der Waals surface area contributed by atoms with Gasteiger partial charge in [-0.05, 0) is 168 Å². The van der Waals surface area contributed by atoms with E-state index >= 15 is 0 Å². The number of aromatic nitrogens is 4. The van der Waals surface area contributed by atoms with Crippen molar-refractivity contribution >= 4 is 175 Å². The standard InChI is InChI=1S/2C48H28N2O2/c2*1-5-13-41-33(9-1)34-10-2-6-14-42(34)49(41)31-19-23-39-37-21-17-29(25-45(37)51-47(39)27-31)30-18-22-38-40-24-20-32(28-48(40)52-46(38)26-30)50-43-15-7-3-11-35(43)36-12-4-8-16-44(36)50/h2*1-28H. The first-order valence-corrected chi connectivity index (χ1v) is 35.3. The highest BCUT2D eigenvalue weighted by atomic mass is 16.3. The molecule has 0 saturated heterocycles. The zero-order valence-electron chi connectivity index (χ0n) is 55.8. The second-order valence-electron chi connectivity index (χ2n) is 27.5. The second kappa shape index (κ2) is 21.7. The summed E-state index contributed by atoms with van der Waals surface area (Å²) in [6, 6.07) is 121. The Hall–Kier alpha value is -14.1. The largest absolute Gasteiger partial charge is 0.456 e. The van der Waals surface area contributed by atoms with Crippen molar-refractivity contribution < 1.29 is 17.7 Å². The molecule has 0 atom stereocenters. The van der Waals surface area contributed by atoms with Crippen LogP contribution in [0.25, 0.3) is 220 Å². The molecule has 0 aliphatic heterocycles. The van der Waals surface area contributed by atoms with Gasteiger partial charge in [-0.3, -0.25) is 0 Å². The van der Waals surface area contributed by atoms with Gasteiger partial charge in [0.15, 0.2) is 0 Å². The number of nitrogens with zero attached hydrogens (tertiary/aromatic N) is 4. The Kier molecular flexibility index (Phi) is 11.9. The van der Waals surface area contributed by atoms with Crippen LogP contribution in [0.4, 0.5) is 0 Å². The SMILES string of the molecule is c1ccc2c(c1)c1ccccc1n2-c1ccc2c(c1)oc1cc(-c3ccc4c(c3)oc3cc(-n5c6ccccc6c6ccccc65)ccc34)ccc12.c1ccc2c(c1)c1ccccc1n2-c1ccc2c(c1)oc1cc(-c3ccc4c(c3)oc3cc(-n5c6ccccc6c6ccccc65)ccc34)ccc12. The van der Waals surface area contributed by atoms with Crippen LogP contribution in [0.15, 0.2) is 357 Å². The molecule has 8 heterocycles. The predicted molar refractivity (Wildman–Crippen MR) is 430 cm³/mol. The van der Waals surface area contributed by atoms with Crippen molar-refractivity contribution in [1.29, 1.82) is 0 Å². The minimum atomic E-state index is 0.868. The highest BCUT2D eigenvalue weighted by Gasteiger charge is 2.21. The summed E-state index contributed by atoms with van der Waals surface area (Å²) in [5, 5.41) is 18.8. The van der Waals surface area contributed by atoms with Crippen molar-refractivity contribution in [1.82, 2.24) is 18.3 Å². The van der Waals surface area contributed by atoms with Gasteiger partial charge >= 0.3 is 0 Å². The first-order chi connectivity index (χ1) is 51.5. The van der Waals surface area contributed by atoms with E-state index in [1.54, 1.807) is 0 Å². The molecule has 0 bridgehead atoms. The van der Waals surface area contributed by atoms with Crippen molar-refractivity contribution in [3.63, 3.8) is 0 Å². The zero-order valence-corrected chi connectivity index (χ0v) is 55.8. The van der Waals surface area contributed by atoms with E-state index in [1.807, 2.05) is 0 Å². The van der Waals surface area contributed by atoms with Crippen LogP contribution < -0.4 is 0 Å². The average molecular weight is 1330 g/mol. The molecule has 0 unspecified atom stereocenters. The Morgan fingerprint density at radius 2 is 0.288 bits per heavy atom. The molecule has 8 nitrogen and oxygen atoms in total. The molecule has 0 radical (unpaired) electrons. The molecule has 0 fully saturated rings. The lowest BCUT2D eigenvalue weighted by Crippen LogP contribution is -1.93. The molecule has 24 aromatic rings. The van der Waals surface area contributed by atoms with Gasteiger partial charge in [0.1, 0.15) is 44.7 Å². The van der Waals surface area contributed by atoms with Crippen LogP contribution in [-0.4, -0.2) is 18.3 Å². The van der Waals surface area contributed by atoms with Gasteiger partial charge in [0.2, 0.25) is 0 Å². The highest BCUT2D eigenvalue weighted by molar-refractivity contribution is 6.16. The maximum absolute atomic E-state index is 6.58. The van der Waals surface area contributed by atoms with E-state index in [-0.39, 0.29) is 0 Å². The number of hydrogen-bond donors (Lipinski definition) is 0. The van der Waals surface area contributed by atoms with Gasteiger partial charge in [0.05, 0.1) is 44.1 Å². The van der Waals surface area contributed by atoms with E-state index in [2.05, 4.69) is 358 Å². The van der Waals surface area contributed by atoms with Crippen molar-refractivity contribution in [2.45, 2.75) is 0 Å². The van der Waals surface area contributed by atoms with E-state index < -0.39 is 0 Å². The number of rotatable bonds is 6. The zero-order chi connectivity index (χ0) is 67.8. The summed E-state index contributed by atoms with van der Waals surface area (Å²) < 4.78 is 35.7. The van der Waals surface area contributed by atoms with Crippen molar-refractivity contribution in [2.24, 2.45) is 0 Å². The van der Waals surface area contributed by atoms with E-state index in [1.165, 1.54) is 87.2 Å². The van der Waals surface area contributed by atoms with Gasteiger partial charge in [-0.1, -0.05) is 170 Å². The van der Waals surface area contributed by atoms with E-state index in [9.17, 15) is 0 Å². The van der Waals surface area contributed by atoms with E-state index in [0.29, 0.717) is 0 Å².